The molecule has 3 rings (SSSR count). The summed E-state index contributed by atoms with van der Waals surface area (Å²) in [6.07, 6.45) is 14.0. The molecule has 0 saturated carbocycles. The van der Waals surface area contributed by atoms with Gasteiger partial charge in [-0.1, -0.05) is 98.8 Å². The van der Waals surface area contributed by atoms with Crippen molar-refractivity contribution >= 4 is 17.3 Å². The third kappa shape index (κ3) is 10.3. The Hall–Kier alpha value is -2.16. The second-order valence-electron chi connectivity index (χ2n) is 6.46. The van der Waals surface area contributed by atoms with Gasteiger partial charge in [-0.15, -0.1) is 0 Å². The molecule has 0 aromatic heterocycles. The molecule has 157 valence electrons. The predicted molar refractivity (Wildman–Crippen MR) is 123 cm³/mol. The Bertz CT molecular complexity index is 709. The van der Waals surface area contributed by atoms with Crippen LogP contribution in [0.25, 0.3) is 5.32 Å². The zero-order valence-corrected chi connectivity index (χ0v) is 19.9. The van der Waals surface area contributed by atoms with E-state index in [1.165, 1.54) is 25.7 Å². The summed E-state index contributed by atoms with van der Waals surface area (Å²) in [6.45, 7) is 6.01. The summed E-state index contributed by atoms with van der Waals surface area (Å²) >= 11 is 0. The van der Waals surface area contributed by atoms with E-state index in [9.17, 15) is 0 Å². The van der Waals surface area contributed by atoms with Crippen LogP contribution in [-0.2, 0) is 20.1 Å². The van der Waals surface area contributed by atoms with E-state index >= 15 is 0 Å². The molecule has 0 N–H and O–H groups in total. The van der Waals surface area contributed by atoms with Crippen molar-refractivity contribution in [1.29, 1.82) is 0 Å². The summed E-state index contributed by atoms with van der Waals surface area (Å²) in [5.41, 5.74) is 1.85. The molecule has 2 aromatic rings. The van der Waals surface area contributed by atoms with Crippen LogP contribution in [0.2, 0.25) is 0 Å². The molecule has 3 nitrogen and oxygen atoms in total. The largest absolute Gasteiger partial charge is 0.426 e. The first kappa shape index (κ1) is 24.9. The van der Waals surface area contributed by atoms with Crippen LogP contribution in [0.5, 0.6) is 0 Å². The van der Waals surface area contributed by atoms with Gasteiger partial charge in [0.15, 0.2) is 0 Å². The fraction of sp³-hybridized carbons (Fsp3) is 0.320. The Labute approximate surface area is 190 Å². The molecule has 0 saturated heterocycles. The maximum Gasteiger partial charge on any atom is 0.0185 e. The standard InChI is InChI=1S/C17H20N3.C8H12.Ir/c1-3-20(4-2)17(18-15-11-7-5-8-12-15)19-16-13-9-6-10-14-16;1-2-4-6-8-7-5-3-1;/h5-14H,3-4H2,1-2H3;1-2,7-8H,3-6H2;/q-1;;/b;2-1-,8-7-;. The van der Waals surface area contributed by atoms with Crippen molar-refractivity contribution in [3.63, 3.8) is 0 Å². The summed E-state index contributed by atoms with van der Waals surface area (Å²) < 4.78 is 0. The third-order valence-corrected chi connectivity index (χ3v) is 4.35. The van der Waals surface area contributed by atoms with Gasteiger partial charge in [0.1, 0.15) is 0 Å². The van der Waals surface area contributed by atoms with Gasteiger partial charge in [0.2, 0.25) is 0 Å². The van der Waals surface area contributed by atoms with Gasteiger partial charge in [-0.3, -0.25) is 0 Å². The summed E-state index contributed by atoms with van der Waals surface area (Å²) in [5, 5.41) is 4.67. The van der Waals surface area contributed by atoms with E-state index in [0.29, 0.717) is 0 Å². The van der Waals surface area contributed by atoms with Crippen LogP contribution < -0.4 is 0 Å². The molecule has 0 atom stereocenters. The first-order valence-electron chi connectivity index (χ1n) is 10.3. The van der Waals surface area contributed by atoms with E-state index in [4.69, 9.17) is 0 Å². The normalized spacial score (nSPS) is 15.4. The van der Waals surface area contributed by atoms with Gasteiger partial charge in [0, 0.05) is 26.1 Å². The summed E-state index contributed by atoms with van der Waals surface area (Å²) in [7, 11) is 0. The van der Waals surface area contributed by atoms with Gasteiger partial charge in [0.25, 0.3) is 0 Å². The van der Waals surface area contributed by atoms with Crippen molar-refractivity contribution in [2.75, 3.05) is 13.1 Å². The van der Waals surface area contributed by atoms with Crippen molar-refractivity contribution in [2.24, 2.45) is 4.99 Å². The number of allylic oxidation sites excluding steroid dienone is 4. The number of hydrogen-bond donors (Lipinski definition) is 0. The van der Waals surface area contributed by atoms with E-state index in [1.54, 1.807) is 0 Å². The van der Waals surface area contributed by atoms with E-state index in [2.05, 4.69) is 53.4 Å². The van der Waals surface area contributed by atoms with Crippen LogP contribution in [0.1, 0.15) is 39.5 Å². The van der Waals surface area contributed by atoms with E-state index in [-0.39, 0.29) is 20.1 Å². The van der Waals surface area contributed by atoms with Crippen LogP contribution in [0.3, 0.4) is 0 Å². The van der Waals surface area contributed by atoms with Gasteiger partial charge in [-0.25, -0.2) is 0 Å². The maximum atomic E-state index is 4.67. The topological polar surface area (TPSA) is 29.7 Å². The number of nitrogens with zero attached hydrogens (tertiary/aromatic N) is 3. The fourth-order valence-corrected chi connectivity index (χ4v) is 2.77. The van der Waals surface area contributed by atoms with E-state index < -0.39 is 0 Å². The predicted octanol–water partition coefficient (Wildman–Crippen LogP) is 7.39. The van der Waals surface area contributed by atoms with E-state index in [1.807, 2.05) is 60.7 Å². The molecule has 1 aliphatic rings. The zero-order valence-electron chi connectivity index (χ0n) is 17.5. The first-order valence-corrected chi connectivity index (χ1v) is 10.3. The summed E-state index contributed by atoms with van der Waals surface area (Å²) in [4.78, 5) is 6.82. The van der Waals surface area contributed by atoms with Gasteiger partial charge >= 0.3 is 0 Å². The molecule has 0 spiro atoms. The molecule has 1 aliphatic carbocycles. The Balaban J connectivity index is 0.000000394. The SMILES string of the molecule is C1=C\CC/C=C\CC/1.CCN(CC)C(=Nc1ccccc1)[N-]c1ccccc1.[Ir]. The Morgan fingerprint density at radius 3 is 1.66 bits per heavy atom. The fourth-order valence-electron chi connectivity index (χ4n) is 2.77. The smallest absolute Gasteiger partial charge is 0.0185 e. The molecule has 1 radical (unpaired) electrons. The van der Waals surface area contributed by atoms with Crippen molar-refractivity contribution in [3.05, 3.63) is 90.3 Å². The van der Waals surface area contributed by atoms with Crippen molar-refractivity contribution in [1.82, 2.24) is 4.90 Å². The minimum absolute atomic E-state index is 0. The third-order valence-electron chi connectivity index (χ3n) is 4.35. The number of hydrogen-bond acceptors (Lipinski definition) is 1. The number of rotatable bonds is 4. The average Bonchev–Trinajstić information content (AvgIpc) is 2.70. The van der Waals surface area contributed by atoms with Gasteiger partial charge in [0.05, 0.1) is 0 Å². The maximum absolute atomic E-state index is 4.67. The molecule has 0 aliphatic heterocycles. The van der Waals surface area contributed by atoms with Crippen LogP contribution in [0, 0.1) is 0 Å². The van der Waals surface area contributed by atoms with Crippen LogP contribution in [-0.4, -0.2) is 23.9 Å². The molecular formula is C25H32IrN3-. The second kappa shape index (κ2) is 15.7. The van der Waals surface area contributed by atoms with Crippen LogP contribution >= 0.6 is 0 Å². The monoisotopic (exact) mass is 567 g/mol. The second-order valence-corrected chi connectivity index (χ2v) is 6.46. The number of benzene rings is 2. The Morgan fingerprint density at radius 1 is 0.759 bits per heavy atom. The minimum Gasteiger partial charge on any atom is -0.426 e. The molecule has 29 heavy (non-hydrogen) atoms. The molecule has 0 unspecified atom stereocenters. The van der Waals surface area contributed by atoms with Gasteiger partial charge < -0.3 is 15.2 Å². The molecule has 0 amide bonds. The van der Waals surface area contributed by atoms with E-state index in [0.717, 1.165) is 30.4 Å². The van der Waals surface area contributed by atoms with Gasteiger partial charge in [-0.2, -0.15) is 0 Å². The molecule has 0 fully saturated rings. The minimum atomic E-state index is 0. The number of para-hydroxylation sites is 2. The molecule has 4 heteroatoms. The number of aliphatic imine (C=N–C) groups is 1. The summed E-state index contributed by atoms with van der Waals surface area (Å²) in [6, 6.07) is 19.9. The van der Waals surface area contributed by atoms with Crippen LogP contribution in [0.4, 0.5) is 11.4 Å². The Morgan fingerprint density at radius 2 is 1.21 bits per heavy atom. The number of guanidine groups is 1. The quantitative estimate of drug-likeness (QED) is 0.216. The molecule has 0 bridgehead atoms. The zero-order chi connectivity index (χ0) is 19.9. The first-order chi connectivity index (χ1) is 13.8. The molecular weight excluding hydrogens is 535 g/mol. The Kier molecular flexibility index (Phi) is 13.5. The molecule has 2 aromatic carbocycles. The van der Waals surface area contributed by atoms with Crippen molar-refractivity contribution < 1.29 is 20.1 Å². The van der Waals surface area contributed by atoms with Gasteiger partial charge in [-0.05, 0) is 50.1 Å². The van der Waals surface area contributed by atoms with Crippen molar-refractivity contribution in [3.8, 4) is 0 Å². The molecule has 0 heterocycles. The van der Waals surface area contributed by atoms with Crippen molar-refractivity contribution in [2.45, 2.75) is 39.5 Å². The average molecular weight is 567 g/mol. The van der Waals surface area contributed by atoms with Crippen LogP contribution in [0.15, 0.2) is 90.0 Å². The summed E-state index contributed by atoms with van der Waals surface area (Å²) in [5.74, 6) is 0.757.